The van der Waals surface area contributed by atoms with Crippen LogP contribution in [0.3, 0.4) is 0 Å². The lowest BCUT2D eigenvalue weighted by atomic mass is 9.89. The smallest absolute Gasteiger partial charge is 0.261 e. The van der Waals surface area contributed by atoms with Crippen LogP contribution in [0.25, 0.3) is 10.9 Å². The highest BCUT2D eigenvalue weighted by Gasteiger charge is 2.40. The molecule has 8 heteroatoms. The van der Waals surface area contributed by atoms with Crippen molar-refractivity contribution in [3.63, 3.8) is 0 Å². The number of rotatable bonds is 6. The maximum Gasteiger partial charge on any atom is 0.261 e. The number of hydrogen-bond donors (Lipinski definition) is 2. The van der Waals surface area contributed by atoms with Crippen molar-refractivity contribution in [2.45, 2.75) is 96.7 Å². The quantitative estimate of drug-likeness (QED) is 0.618. The van der Waals surface area contributed by atoms with E-state index in [2.05, 4.69) is 73.3 Å². The second-order valence-electron chi connectivity index (χ2n) is 11.7. The van der Waals surface area contributed by atoms with Gasteiger partial charge in [0.05, 0.1) is 28.6 Å². The molecule has 37 heavy (non-hydrogen) atoms. The van der Waals surface area contributed by atoms with Gasteiger partial charge < -0.3 is 20.3 Å². The van der Waals surface area contributed by atoms with E-state index >= 15 is 0 Å². The molecule has 1 aromatic heterocycles. The van der Waals surface area contributed by atoms with Crippen LogP contribution < -0.4 is 21.1 Å². The molecule has 1 spiro atoms. The van der Waals surface area contributed by atoms with Gasteiger partial charge in [-0.25, -0.2) is 4.98 Å². The van der Waals surface area contributed by atoms with Gasteiger partial charge in [-0.05, 0) is 78.2 Å². The number of anilines is 1. The molecular weight excluding hydrogens is 464 g/mol. The van der Waals surface area contributed by atoms with Gasteiger partial charge >= 0.3 is 0 Å². The van der Waals surface area contributed by atoms with Crippen molar-refractivity contribution in [3.05, 3.63) is 34.4 Å². The Labute approximate surface area is 221 Å². The van der Waals surface area contributed by atoms with E-state index in [9.17, 15) is 4.79 Å². The van der Waals surface area contributed by atoms with Crippen LogP contribution in [0, 0.1) is 0 Å². The van der Waals surface area contributed by atoms with Gasteiger partial charge in [0, 0.05) is 50.5 Å². The first-order chi connectivity index (χ1) is 17.8. The standard InChI is InChI=1S/C29H46N6O2/c1-6-8-26(33-16-20(3)31-21(4)17-33)27-32-25-10-9-23(15-24(25)28(36)35(27)7-2)34-18-22(5)37-29(19-34)11-13-30-14-12-29/h9-10,15,20-22,26,30-31H,6-8,11-14,16-19H2,1-5H3/t20-,21+,22-,26?/m0/s1. The van der Waals surface area contributed by atoms with Gasteiger partial charge in [0.15, 0.2) is 0 Å². The average molecular weight is 511 g/mol. The van der Waals surface area contributed by atoms with Crippen LogP contribution in [0.2, 0.25) is 0 Å². The predicted octanol–water partition coefficient (Wildman–Crippen LogP) is 3.29. The monoisotopic (exact) mass is 510 g/mol. The van der Waals surface area contributed by atoms with E-state index in [4.69, 9.17) is 9.72 Å². The Morgan fingerprint density at radius 2 is 1.84 bits per heavy atom. The summed E-state index contributed by atoms with van der Waals surface area (Å²) in [6.45, 7) is 17.2. The summed E-state index contributed by atoms with van der Waals surface area (Å²) < 4.78 is 8.41. The third kappa shape index (κ3) is 5.44. The number of nitrogens with one attached hydrogen (secondary N) is 2. The molecule has 3 aliphatic rings. The summed E-state index contributed by atoms with van der Waals surface area (Å²) in [6, 6.07) is 7.30. The van der Waals surface area contributed by atoms with E-state index in [1.807, 2.05) is 4.57 Å². The van der Waals surface area contributed by atoms with Gasteiger partial charge in [0.2, 0.25) is 0 Å². The van der Waals surface area contributed by atoms with Crippen molar-refractivity contribution >= 4 is 16.6 Å². The molecular formula is C29H46N6O2. The van der Waals surface area contributed by atoms with Gasteiger partial charge in [-0.15, -0.1) is 0 Å². The van der Waals surface area contributed by atoms with Crippen molar-refractivity contribution in [2.24, 2.45) is 0 Å². The summed E-state index contributed by atoms with van der Waals surface area (Å²) in [4.78, 5) is 24.1. The molecule has 2 N–H and O–H groups in total. The molecule has 4 atom stereocenters. The fraction of sp³-hybridized carbons (Fsp3) is 0.724. The second kappa shape index (κ2) is 11.0. The summed E-state index contributed by atoms with van der Waals surface area (Å²) in [7, 11) is 0. The van der Waals surface area contributed by atoms with Gasteiger partial charge in [0.1, 0.15) is 5.82 Å². The Balaban J connectivity index is 1.51. The SMILES string of the molecule is CCCC(c1nc2ccc(N3C[C@H](C)OC4(CCNCC4)C3)cc2c(=O)n1CC)N1C[C@@H](C)N[C@@H](C)C1. The first-order valence-electron chi connectivity index (χ1n) is 14.5. The Hall–Kier alpha value is -2.00. The highest BCUT2D eigenvalue weighted by molar-refractivity contribution is 5.82. The third-order valence-electron chi connectivity index (χ3n) is 8.46. The van der Waals surface area contributed by atoms with Crippen molar-refractivity contribution in [2.75, 3.05) is 44.2 Å². The van der Waals surface area contributed by atoms with Crippen molar-refractivity contribution < 1.29 is 4.74 Å². The Morgan fingerprint density at radius 1 is 1.11 bits per heavy atom. The first-order valence-corrected chi connectivity index (χ1v) is 14.5. The number of ether oxygens (including phenoxy) is 1. The highest BCUT2D eigenvalue weighted by Crippen LogP contribution is 2.34. The average Bonchev–Trinajstić information content (AvgIpc) is 2.86. The number of piperazine rings is 1. The highest BCUT2D eigenvalue weighted by atomic mass is 16.5. The lowest BCUT2D eigenvalue weighted by molar-refractivity contribution is -0.113. The number of hydrogen-bond acceptors (Lipinski definition) is 7. The molecule has 0 bridgehead atoms. The largest absolute Gasteiger partial charge is 0.368 e. The molecule has 4 heterocycles. The number of benzene rings is 1. The van der Waals surface area contributed by atoms with Gasteiger partial charge in [-0.1, -0.05) is 13.3 Å². The number of morpholine rings is 1. The van der Waals surface area contributed by atoms with Crippen LogP contribution in [0.1, 0.15) is 72.2 Å². The zero-order chi connectivity index (χ0) is 26.2. The molecule has 0 amide bonds. The maximum atomic E-state index is 13.9. The molecule has 1 aromatic carbocycles. The topological polar surface area (TPSA) is 74.7 Å². The summed E-state index contributed by atoms with van der Waals surface area (Å²) >= 11 is 0. The molecule has 2 aromatic rings. The summed E-state index contributed by atoms with van der Waals surface area (Å²) in [5, 5.41) is 7.83. The maximum absolute atomic E-state index is 13.9. The van der Waals surface area contributed by atoms with E-state index in [0.29, 0.717) is 18.6 Å². The molecule has 0 aliphatic carbocycles. The van der Waals surface area contributed by atoms with Gasteiger partial charge in [0.25, 0.3) is 5.56 Å². The zero-order valence-corrected chi connectivity index (χ0v) is 23.4. The molecule has 5 rings (SSSR count). The minimum atomic E-state index is -0.103. The molecule has 0 radical (unpaired) electrons. The number of fused-ring (bicyclic) bond motifs is 1. The molecule has 1 unspecified atom stereocenters. The van der Waals surface area contributed by atoms with Crippen LogP contribution >= 0.6 is 0 Å². The fourth-order valence-electron chi connectivity index (χ4n) is 6.93. The molecule has 0 saturated carbocycles. The van der Waals surface area contributed by atoms with Crippen LogP contribution in [0.15, 0.2) is 23.0 Å². The summed E-state index contributed by atoms with van der Waals surface area (Å²) in [5.74, 6) is 0.921. The summed E-state index contributed by atoms with van der Waals surface area (Å²) in [5.41, 5.74) is 1.89. The van der Waals surface area contributed by atoms with E-state index in [-0.39, 0.29) is 23.3 Å². The van der Waals surface area contributed by atoms with Crippen LogP contribution in [0.5, 0.6) is 0 Å². The second-order valence-corrected chi connectivity index (χ2v) is 11.7. The minimum Gasteiger partial charge on any atom is -0.368 e. The minimum absolute atomic E-state index is 0.0829. The van der Waals surface area contributed by atoms with Gasteiger partial charge in [-0.3, -0.25) is 14.3 Å². The van der Waals surface area contributed by atoms with E-state index in [1.54, 1.807) is 0 Å². The lowest BCUT2D eigenvalue weighted by Gasteiger charge is -2.48. The van der Waals surface area contributed by atoms with Crippen LogP contribution in [0.4, 0.5) is 5.69 Å². The number of aromatic nitrogens is 2. The fourth-order valence-corrected chi connectivity index (χ4v) is 6.93. The number of piperidine rings is 1. The van der Waals surface area contributed by atoms with Crippen molar-refractivity contribution in [1.29, 1.82) is 0 Å². The van der Waals surface area contributed by atoms with Crippen LogP contribution in [-0.4, -0.2) is 77.5 Å². The Bertz CT molecular complexity index is 1130. The molecule has 8 nitrogen and oxygen atoms in total. The first kappa shape index (κ1) is 26.6. The van der Waals surface area contributed by atoms with Crippen molar-refractivity contribution in [1.82, 2.24) is 25.1 Å². The summed E-state index contributed by atoms with van der Waals surface area (Å²) in [6.07, 6.45) is 4.26. The molecule has 204 valence electrons. The predicted molar refractivity (Wildman–Crippen MR) is 151 cm³/mol. The molecule has 3 fully saturated rings. The van der Waals surface area contributed by atoms with E-state index in [0.717, 1.165) is 87.4 Å². The Kier molecular flexibility index (Phi) is 7.91. The van der Waals surface area contributed by atoms with E-state index in [1.165, 1.54) is 0 Å². The lowest BCUT2D eigenvalue weighted by Crippen LogP contribution is -2.58. The Morgan fingerprint density at radius 3 is 2.51 bits per heavy atom. The van der Waals surface area contributed by atoms with E-state index < -0.39 is 0 Å². The molecule has 3 saturated heterocycles. The zero-order valence-electron chi connectivity index (χ0n) is 23.4. The third-order valence-corrected chi connectivity index (χ3v) is 8.46. The normalized spacial score (nSPS) is 27.6. The number of nitrogens with zero attached hydrogens (tertiary/aromatic N) is 4. The van der Waals surface area contributed by atoms with Gasteiger partial charge in [-0.2, -0.15) is 0 Å². The molecule has 3 aliphatic heterocycles. The van der Waals surface area contributed by atoms with Crippen molar-refractivity contribution in [3.8, 4) is 0 Å². The van der Waals surface area contributed by atoms with Crippen LogP contribution in [-0.2, 0) is 11.3 Å².